The Morgan fingerprint density at radius 3 is 2.10 bits per heavy atom. The summed E-state index contributed by atoms with van der Waals surface area (Å²) in [6.45, 7) is 8.84. The molecule has 0 bridgehead atoms. The second-order valence-corrected chi connectivity index (χ2v) is 3.77. The lowest BCUT2D eigenvalue weighted by atomic mass is 9.91. The largest absolute Gasteiger partial charge is 0.104 e. The zero-order valence-corrected chi connectivity index (χ0v) is 7.62. The summed E-state index contributed by atoms with van der Waals surface area (Å²) in [6, 6.07) is 0. The summed E-state index contributed by atoms with van der Waals surface area (Å²) in [5, 5.41) is 0. The summed E-state index contributed by atoms with van der Waals surface area (Å²) in [5.41, 5.74) is 0.447. The molecular weight excluding hydrogens is 120 g/mol. The van der Waals surface area contributed by atoms with E-state index in [0.717, 1.165) is 12.8 Å². The van der Waals surface area contributed by atoms with Gasteiger partial charge in [0.25, 0.3) is 0 Å². The van der Waals surface area contributed by atoms with E-state index in [1.165, 1.54) is 6.42 Å². The quantitative estimate of drug-likeness (QED) is 0.488. The zero-order chi connectivity index (χ0) is 8.04. The van der Waals surface area contributed by atoms with Crippen LogP contribution in [-0.2, 0) is 0 Å². The molecule has 0 rings (SSSR count). The molecule has 0 N–H and O–H groups in total. The average molecular weight is 138 g/mol. The van der Waals surface area contributed by atoms with Gasteiger partial charge in [0.2, 0.25) is 0 Å². The maximum Gasteiger partial charge on any atom is 0.00936 e. The van der Waals surface area contributed by atoms with Crippen molar-refractivity contribution in [3.63, 3.8) is 0 Å². The molecule has 10 heavy (non-hydrogen) atoms. The first-order valence-electron chi connectivity index (χ1n) is 4.02. The van der Waals surface area contributed by atoms with Crippen molar-refractivity contribution < 1.29 is 0 Å². The van der Waals surface area contributed by atoms with Gasteiger partial charge < -0.3 is 0 Å². The Morgan fingerprint density at radius 1 is 1.10 bits per heavy atom. The van der Waals surface area contributed by atoms with Crippen LogP contribution in [0.3, 0.4) is 0 Å². The van der Waals surface area contributed by atoms with Gasteiger partial charge in [0, 0.05) is 12.8 Å². The molecule has 0 aromatic carbocycles. The van der Waals surface area contributed by atoms with Crippen molar-refractivity contribution in [1.82, 2.24) is 0 Å². The van der Waals surface area contributed by atoms with Crippen molar-refractivity contribution >= 4 is 0 Å². The van der Waals surface area contributed by atoms with Gasteiger partial charge in [0.1, 0.15) is 0 Å². The van der Waals surface area contributed by atoms with Crippen LogP contribution in [0.5, 0.6) is 0 Å². The normalized spacial score (nSPS) is 10.4. The van der Waals surface area contributed by atoms with E-state index >= 15 is 0 Å². The Morgan fingerprint density at radius 2 is 1.70 bits per heavy atom. The molecule has 58 valence electrons. The van der Waals surface area contributed by atoms with Crippen molar-refractivity contribution in [3.8, 4) is 11.8 Å². The fourth-order valence-electron chi connectivity index (χ4n) is 0.651. The fraction of sp³-hybridized carbons (Fsp3) is 0.800. The summed E-state index contributed by atoms with van der Waals surface area (Å²) in [7, 11) is 0. The summed E-state index contributed by atoms with van der Waals surface area (Å²) in [5.74, 6) is 6.21. The van der Waals surface area contributed by atoms with Gasteiger partial charge in [-0.15, -0.1) is 11.8 Å². The molecule has 0 atom stereocenters. The van der Waals surface area contributed by atoms with Crippen LogP contribution < -0.4 is 0 Å². The minimum absolute atomic E-state index is 0.447. The van der Waals surface area contributed by atoms with Crippen LogP contribution >= 0.6 is 0 Å². The van der Waals surface area contributed by atoms with Crippen molar-refractivity contribution in [2.45, 2.75) is 47.0 Å². The average Bonchev–Trinajstić information content (AvgIpc) is 1.78. The molecule has 0 nitrogen and oxygen atoms in total. The monoisotopic (exact) mass is 138 g/mol. The van der Waals surface area contributed by atoms with E-state index in [9.17, 15) is 0 Å². The number of hydrogen-bond donors (Lipinski definition) is 0. The zero-order valence-electron chi connectivity index (χ0n) is 7.62. The minimum Gasteiger partial charge on any atom is -0.104 e. The van der Waals surface area contributed by atoms with E-state index in [2.05, 4.69) is 39.5 Å². The summed E-state index contributed by atoms with van der Waals surface area (Å²) in [6.07, 6.45) is 3.25. The Balaban J connectivity index is 3.37. The molecule has 0 unspecified atom stereocenters. The number of hydrogen-bond acceptors (Lipinski definition) is 0. The third-order valence-corrected chi connectivity index (χ3v) is 1.30. The van der Waals surface area contributed by atoms with Crippen molar-refractivity contribution in [1.29, 1.82) is 0 Å². The van der Waals surface area contributed by atoms with Crippen LogP contribution in [0.25, 0.3) is 0 Å². The standard InChI is InChI=1S/C10H18/c1-5-6-7-8-9-10(2,3)4/h5,8-9H2,1-4H3. The summed E-state index contributed by atoms with van der Waals surface area (Å²) in [4.78, 5) is 0. The van der Waals surface area contributed by atoms with E-state index in [-0.39, 0.29) is 0 Å². The van der Waals surface area contributed by atoms with Gasteiger partial charge >= 0.3 is 0 Å². The maximum absolute atomic E-state index is 3.14. The van der Waals surface area contributed by atoms with Gasteiger partial charge in [0.15, 0.2) is 0 Å². The molecule has 0 aliphatic carbocycles. The third kappa shape index (κ3) is 7.56. The van der Waals surface area contributed by atoms with Gasteiger partial charge in [-0.3, -0.25) is 0 Å². The first-order chi connectivity index (χ1) is 4.56. The lowest BCUT2D eigenvalue weighted by Gasteiger charge is -2.15. The SMILES string of the molecule is CCC#CCCC(C)(C)C. The molecule has 0 aromatic heterocycles. The second-order valence-electron chi connectivity index (χ2n) is 3.77. The molecule has 0 spiro atoms. The smallest absolute Gasteiger partial charge is 0.00936 e. The lowest BCUT2D eigenvalue weighted by molar-refractivity contribution is 0.384. The van der Waals surface area contributed by atoms with E-state index in [0.29, 0.717) is 5.41 Å². The molecule has 0 aromatic rings. The Bertz CT molecular complexity index is 126. The van der Waals surface area contributed by atoms with Gasteiger partial charge in [0.05, 0.1) is 0 Å². The molecule has 0 aliphatic rings. The van der Waals surface area contributed by atoms with Crippen LogP contribution in [-0.4, -0.2) is 0 Å². The highest BCUT2D eigenvalue weighted by atomic mass is 14.1. The molecular formula is C10H18. The van der Waals surface area contributed by atoms with Gasteiger partial charge in [-0.1, -0.05) is 27.7 Å². The molecule has 0 fully saturated rings. The molecule has 0 saturated carbocycles. The first kappa shape index (κ1) is 9.56. The third-order valence-electron chi connectivity index (χ3n) is 1.30. The van der Waals surface area contributed by atoms with E-state index in [1.54, 1.807) is 0 Å². The summed E-state index contributed by atoms with van der Waals surface area (Å²) >= 11 is 0. The Hall–Kier alpha value is -0.440. The Kier molecular flexibility index (Phi) is 4.19. The molecule has 0 saturated heterocycles. The fourth-order valence-corrected chi connectivity index (χ4v) is 0.651. The van der Waals surface area contributed by atoms with Crippen molar-refractivity contribution in [2.75, 3.05) is 0 Å². The minimum atomic E-state index is 0.447. The van der Waals surface area contributed by atoms with Crippen molar-refractivity contribution in [3.05, 3.63) is 0 Å². The highest BCUT2D eigenvalue weighted by molar-refractivity contribution is 4.98. The van der Waals surface area contributed by atoms with E-state index < -0.39 is 0 Å². The lowest BCUT2D eigenvalue weighted by Crippen LogP contribution is -2.03. The van der Waals surface area contributed by atoms with Crippen LogP contribution in [0.4, 0.5) is 0 Å². The second kappa shape index (κ2) is 4.39. The number of rotatable bonds is 1. The van der Waals surface area contributed by atoms with Gasteiger partial charge in [-0.05, 0) is 11.8 Å². The molecule has 0 aliphatic heterocycles. The van der Waals surface area contributed by atoms with Crippen LogP contribution in [0, 0.1) is 17.3 Å². The first-order valence-corrected chi connectivity index (χ1v) is 4.02. The summed E-state index contributed by atoms with van der Waals surface area (Å²) < 4.78 is 0. The molecule has 0 radical (unpaired) electrons. The maximum atomic E-state index is 3.14. The van der Waals surface area contributed by atoms with Crippen molar-refractivity contribution in [2.24, 2.45) is 5.41 Å². The molecule has 0 amide bonds. The topological polar surface area (TPSA) is 0 Å². The highest BCUT2D eigenvalue weighted by Gasteiger charge is 2.07. The van der Waals surface area contributed by atoms with Gasteiger partial charge in [-0.2, -0.15) is 0 Å². The van der Waals surface area contributed by atoms with Crippen LogP contribution in [0.15, 0.2) is 0 Å². The molecule has 0 heterocycles. The predicted molar refractivity (Wildman–Crippen MR) is 46.8 cm³/mol. The van der Waals surface area contributed by atoms with Crippen LogP contribution in [0.1, 0.15) is 47.0 Å². The predicted octanol–water partition coefficient (Wildman–Crippen LogP) is 3.23. The van der Waals surface area contributed by atoms with E-state index in [4.69, 9.17) is 0 Å². The van der Waals surface area contributed by atoms with Crippen LogP contribution in [0.2, 0.25) is 0 Å². The molecule has 0 heteroatoms. The highest BCUT2D eigenvalue weighted by Crippen LogP contribution is 2.19. The van der Waals surface area contributed by atoms with Gasteiger partial charge in [-0.25, -0.2) is 0 Å². The Labute approximate surface area is 65.0 Å². The van der Waals surface area contributed by atoms with E-state index in [1.807, 2.05) is 0 Å².